The van der Waals surface area contributed by atoms with E-state index in [1.807, 2.05) is 6.07 Å². The largest absolute Gasteiger partial charge is 0.376 e. The van der Waals surface area contributed by atoms with E-state index in [-0.39, 0.29) is 18.6 Å². The second kappa shape index (κ2) is 8.90. The SMILES string of the molecule is CCCc1cc(CN(C)C(=O)COC[C@@H]2CCCCO2)[nH]n1. The van der Waals surface area contributed by atoms with Crippen LogP contribution in [0.4, 0.5) is 0 Å². The summed E-state index contributed by atoms with van der Waals surface area (Å²) in [5, 5.41) is 7.21. The number of nitrogens with zero attached hydrogens (tertiary/aromatic N) is 2. The molecule has 1 aromatic rings. The first-order valence-electron chi connectivity index (χ1n) is 8.15. The van der Waals surface area contributed by atoms with Crippen LogP contribution in [0.5, 0.6) is 0 Å². The Morgan fingerprint density at radius 2 is 2.41 bits per heavy atom. The standard InChI is InChI=1S/C16H27N3O3/c1-3-6-13-9-14(18-17-13)10-19(2)16(20)12-21-11-15-7-4-5-8-22-15/h9,15H,3-8,10-12H2,1-2H3,(H,17,18)/t15-/m0/s1. The zero-order chi connectivity index (χ0) is 15.8. The quantitative estimate of drug-likeness (QED) is 0.796. The zero-order valence-electron chi connectivity index (χ0n) is 13.6. The van der Waals surface area contributed by atoms with E-state index in [4.69, 9.17) is 9.47 Å². The van der Waals surface area contributed by atoms with Crippen molar-refractivity contribution in [1.29, 1.82) is 0 Å². The van der Waals surface area contributed by atoms with Crippen molar-refractivity contribution < 1.29 is 14.3 Å². The zero-order valence-corrected chi connectivity index (χ0v) is 13.6. The van der Waals surface area contributed by atoms with Crippen molar-refractivity contribution in [2.24, 2.45) is 0 Å². The molecule has 0 saturated carbocycles. The molecule has 6 nitrogen and oxygen atoms in total. The van der Waals surface area contributed by atoms with E-state index in [2.05, 4.69) is 17.1 Å². The third-order valence-electron chi connectivity index (χ3n) is 3.83. The summed E-state index contributed by atoms with van der Waals surface area (Å²) in [6.07, 6.45) is 5.51. The molecule has 1 aromatic heterocycles. The molecule has 124 valence electrons. The van der Waals surface area contributed by atoms with Crippen LogP contribution in [0.15, 0.2) is 6.07 Å². The lowest BCUT2D eigenvalue weighted by Gasteiger charge is -2.23. The summed E-state index contributed by atoms with van der Waals surface area (Å²) in [4.78, 5) is 13.7. The Morgan fingerprint density at radius 3 is 3.14 bits per heavy atom. The number of amides is 1. The minimum Gasteiger partial charge on any atom is -0.376 e. The third-order valence-corrected chi connectivity index (χ3v) is 3.83. The average molecular weight is 309 g/mol. The predicted octanol–water partition coefficient (Wildman–Crippen LogP) is 1.91. The number of aryl methyl sites for hydroxylation is 1. The first kappa shape index (κ1) is 17.0. The lowest BCUT2D eigenvalue weighted by molar-refractivity contribution is -0.137. The smallest absolute Gasteiger partial charge is 0.248 e. The number of aromatic nitrogens is 2. The van der Waals surface area contributed by atoms with Crippen molar-refractivity contribution in [3.05, 3.63) is 17.5 Å². The molecule has 2 rings (SSSR count). The minimum absolute atomic E-state index is 0.0255. The van der Waals surface area contributed by atoms with Gasteiger partial charge < -0.3 is 14.4 Å². The number of likely N-dealkylation sites (N-methyl/N-ethyl adjacent to an activating group) is 1. The molecular formula is C16H27N3O3. The number of hydrogen-bond acceptors (Lipinski definition) is 4. The van der Waals surface area contributed by atoms with E-state index in [1.165, 1.54) is 6.42 Å². The van der Waals surface area contributed by atoms with E-state index in [1.54, 1.807) is 11.9 Å². The molecule has 6 heteroatoms. The summed E-state index contributed by atoms with van der Waals surface area (Å²) in [6, 6.07) is 2.02. The lowest BCUT2D eigenvalue weighted by atomic mass is 10.1. The van der Waals surface area contributed by atoms with Crippen molar-refractivity contribution in [2.75, 3.05) is 26.9 Å². The van der Waals surface area contributed by atoms with Gasteiger partial charge in [-0.15, -0.1) is 0 Å². The van der Waals surface area contributed by atoms with Gasteiger partial charge in [0.25, 0.3) is 0 Å². The molecule has 1 amide bonds. The van der Waals surface area contributed by atoms with Gasteiger partial charge >= 0.3 is 0 Å². The van der Waals surface area contributed by atoms with Crippen LogP contribution in [0.3, 0.4) is 0 Å². The fourth-order valence-electron chi connectivity index (χ4n) is 2.54. The van der Waals surface area contributed by atoms with Crippen LogP contribution in [0.2, 0.25) is 0 Å². The van der Waals surface area contributed by atoms with Gasteiger partial charge in [0, 0.05) is 13.7 Å². The Bertz CT molecular complexity index is 455. The number of H-pyrrole nitrogens is 1. The molecule has 0 radical (unpaired) electrons. The predicted molar refractivity (Wildman–Crippen MR) is 83.5 cm³/mol. The average Bonchev–Trinajstić information content (AvgIpc) is 2.96. The molecule has 0 aromatic carbocycles. The summed E-state index contributed by atoms with van der Waals surface area (Å²) in [5.41, 5.74) is 2.00. The first-order chi connectivity index (χ1) is 10.7. The molecule has 1 atom stereocenters. The molecule has 0 aliphatic carbocycles. The minimum atomic E-state index is -0.0255. The highest BCUT2D eigenvalue weighted by molar-refractivity contribution is 5.77. The highest BCUT2D eigenvalue weighted by Gasteiger charge is 2.16. The lowest BCUT2D eigenvalue weighted by Crippen LogP contribution is -2.32. The fraction of sp³-hybridized carbons (Fsp3) is 0.750. The normalized spacial score (nSPS) is 18.4. The maximum Gasteiger partial charge on any atom is 0.248 e. The summed E-state index contributed by atoms with van der Waals surface area (Å²) in [7, 11) is 1.78. The Hall–Kier alpha value is -1.40. The molecule has 1 fully saturated rings. The second-order valence-electron chi connectivity index (χ2n) is 5.89. The van der Waals surface area contributed by atoms with E-state index >= 15 is 0 Å². The van der Waals surface area contributed by atoms with E-state index in [0.717, 1.165) is 43.7 Å². The number of nitrogens with one attached hydrogen (secondary N) is 1. The number of aromatic amines is 1. The van der Waals surface area contributed by atoms with E-state index in [9.17, 15) is 4.79 Å². The molecule has 1 aliphatic rings. The van der Waals surface area contributed by atoms with Gasteiger partial charge in [-0.05, 0) is 31.7 Å². The Labute approximate surface area is 132 Å². The van der Waals surface area contributed by atoms with Crippen molar-refractivity contribution >= 4 is 5.91 Å². The van der Waals surface area contributed by atoms with Crippen LogP contribution in [-0.4, -0.2) is 54.0 Å². The number of carbonyl (C=O) groups excluding carboxylic acids is 1. The number of carbonyl (C=O) groups is 1. The van der Waals surface area contributed by atoms with Crippen molar-refractivity contribution in [3.63, 3.8) is 0 Å². The number of ether oxygens (including phenoxy) is 2. The second-order valence-corrected chi connectivity index (χ2v) is 5.89. The summed E-state index contributed by atoms with van der Waals surface area (Å²) < 4.78 is 11.1. The topological polar surface area (TPSA) is 67.5 Å². The molecular weight excluding hydrogens is 282 g/mol. The molecule has 1 aliphatic heterocycles. The highest BCUT2D eigenvalue weighted by Crippen LogP contribution is 2.12. The number of rotatable bonds is 8. The van der Waals surface area contributed by atoms with E-state index in [0.29, 0.717) is 13.2 Å². The Balaban J connectivity index is 1.67. The summed E-state index contributed by atoms with van der Waals surface area (Å²) in [6.45, 7) is 4.06. The van der Waals surface area contributed by atoms with Crippen LogP contribution in [0.1, 0.15) is 44.0 Å². The molecule has 0 bridgehead atoms. The van der Waals surface area contributed by atoms with Gasteiger partial charge in [0.05, 0.1) is 30.6 Å². The van der Waals surface area contributed by atoms with Crippen molar-refractivity contribution in [2.45, 2.75) is 51.7 Å². The van der Waals surface area contributed by atoms with Gasteiger partial charge in [-0.2, -0.15) is 5.10 Å². The molecule has 0 unspecified atom stereocenters. The van der Waals surface area contributed by atoms with Crippen LogP contribution >= 0.6 is 0 Å². The Morgan fingerprint density at radius 1 is 1.55 bits per heavy atom. The van der Waals surface area contributed by atoms with Crippen molar-refractivity contribution in [3.8, 4) is 0 Å². The van der Waals surface area contributed by atoms with Gasteiger partial charge in [0.1, 0.15) is 6.61 Å². The van der Waals surface area contributed by atoms with E-state index < -0.39 is 0 Å². The summed E-state index contributed by atoms with van der Waals surface area (Å²) >= 11 is 0. The molecule has 2 heterocycles. The maximum atomic E-state index is 12.0. The van der Waals surface area contributed by atoms with Crippen LogP contribution < -0.4 is 0 Å². The molecule has 1 N–H and O–H groups in total. The van der Waals surface area contributed by atoms with Crippen LogP contribution in [0.25, 0.3) is 0 Å². The van der Waals surface area contributed by atoms with Gasteiger partial charge in [-0.1, -0.05) is 13.3 Å². The van der Waals surface area contributed by atoms with Gasteiger partial charge in [0.15, 0.2) is 0 Å². The van der Waals surface area contributed by atoms with Crippen molar-refractivity contribution in [1.82, 2.24) is 15.1 Å². The summed E-state index contributed by atoms with van der Waals surface area (Å²) in [5.74, 6) is -0.0255. The van der Waals surface area contributed by atoms with Crippen LogP contribution in [0, 0.1) is 0 Å². The van der Waals surface area contributed by atoms with Gasteiger partial charge in [-0.25, -0.2) is 0 Å². The molecule has 1 saturated heterocycles. The van der Waals surface area contributed by atoms with Crippen LogP contribution in [-0.2, 0) is 27.2 Å². The van der Waals surface area contributed by atoms with Gasteiger partial charge in [-0.3, -0.25) is 9.89 Å². The first-order valence-corrected chi connectivity index (χ1v) is 8.15. The highest BCUT2D eigenvalue weighted by atomic mass is 16.5. The van der Waals surface area contributed by atoms with Gasteiger partial charge in [0.2, 0.25) is 5.91 Å². The molecule has 0 spiro atoms. The number of hydrogen-bond donors (Lipinski definition) is 1. The third kappa shape index (κ3) is 5.42. The Kier molecular flexibility index (Phi) is 6.86. The fourth-order valence-corrected chi connectivity index (χ4v) is 2.54. The molecule has 22 heavy (non-hydrogen) atoms. The monoisotopic (exact) mass is 309 g/mol. The maximum absolute atomic E-state index is 12.0.